The molecule has 3 amide bonds. The normalized spacial score (nSPS) is 19.1. The van der Waals surface area contributed by atoms with Crippen LogP contribution in [0.5, 0.6) is 0 Å². The van der Waals surface area contributed by atoms with Gasteiger partial charge in [0.2, 0.25) is 0 Å². The first-order valence-electron chi connectivity index (χ1n) is 13.7. The molecule has 0 aliphatic carbocycles. The Balaban J connectivity index is 0.000000491. The van der Waals surface area contributed by atoms with Gasteiger partial charge in [0.05, 0.1) is 0 Å². The molecule has 47 heavy (non-hydrogen) atoms. The summed E-state index contributed by atoms with van der Waals surface area (Å²) in [5, 5.41) is 2.60. The highest BCUT2D eigenvalue weighted by molar-refractivity contribution is 5.70. The zero-order valence-corrected chi connectivity index (χ0v) is 25.8. The van der Waals surface area contributed by atoms with Crippen LogP contribution in [0.25, 0.3) is 0 Å². The molecule has 3 N–H and O–H groups in total. The lowest BCUT2D eigenvalue weighted by molar-refractivity contribution is -0.309. The van der Waals surface area contributed by atoms with Gasteiger partial charge in [-0.1, -0.05) is 0 Å². The molecule has 0 bridgehead atoms. The van der Waals surface area contributed by atoms with Crippen LogP contribution in [-0.2, 0) is 14.2 Å². The second-order valence-electron chi connectivity index (χ2n) is 12.5. The number of amides is 3. The van der Waals surface area contributed by atoms with Crippen molar-refractivity contribution in [1.29, 1.82) is 0 Å². The summed E-state index contributed by atoms with van der Waals surface area (Å²) in [5.41, 5.74) is 3.58. The van der Waals surface area contributed by atoms with Gasteiger partial charge in [-0.15, -0.1) is 0 Å². The fourth-order valence-electron chi connectivity index (χ4n) is 4.05. The summed E-state index contributed by atoms with van der Waals surface area (Å²) >= 11 is 0. The first kappa shape index (κ1) is 42.0. The largest absolute Gasteiger partial charge is 0.444 e. The molecule has 0 aromatic carbocycles. The van der Waals surface area contributed by atoms with E-state index in [9.17, 15) is 67.1 Å². The van der Waals surface area contributed by atoms with Crippen LogP contribution >= 0.6 is 0 Å². The highest BCUT2D eigenvalue weighted by Crippen LogP contribution is 2.37. The molecule has 10 nitrogen and oxygen atoms in total. The first-order chi connectivity index (χ1) is 20.8. The highest BCUT2D eigenvalue weighted by atomic mass is 19.4. The number of nitrogens with two attached hydrogens (primary N) is 1. The number of likely N-dealkylation sites (tertiary alicyclic amines) is 2. The van der Waals surface area contributed by atoms with Crippen molar-refractivity contribution in [1.82, 2.24) is 15.1 Å². The monoisotopic (exact) mass is 716 g/mol. The first-order valence-corrected chi connectivity index (χ1v) is 13.7. The van der Waals surface area contributed by atoms with Crippen LogP contribution in [0.3, 0.4) is 0 Å². The summed E-state index contributed by atoms with van der Waals surface area (Å²) in [6.07, 6.45) is -34.6. The molecular formula is C25H36F12N4O6. The lowest BCUT2D eigenvalue weighted by Gasteiger charge is -2.40. The van der Waals surface area contributed by atoms with Gasteiger partial charge in [-0.3, -0.25) is 0 Å². The predicted octanol–water partition coefficient (Wildman–Crippen LogP) is 6.42. The number of carbonyl (C=O) groups is 3. The van der Waals surface area contributed by atoms with Gasteiger partial charge in [0, 0.05) is 37.3 Å². The summed E-state index contributed by atoms with van der Waals surface area (Å²) in [5.74, 6) is 0. The van der Waals surface area contributed by atoms with Crippen molar-refractivity contribution in [3.8, 4) is 0 Å². The van der Waals surface area contributed by atoms with E-state index in [1.54, 1.807) is 34.6 Å². The molecule has 2 aliphatic rings. The number of carbonyl (C=O) groups excluding carboxylic acids is 3. The minimum Gasteiger partial charge on any atom is -0.444 e. The number of ether oxygens (including phenoxy) is 3. The molecule has 2 aliphatic heterocycles. The Bertz CT molecular complexity index is 1040. The molecule has 0 radical (unpaired) electrons. The van der Waals surface area contributed by atoms with E-state index in [0.717, 1.165) is 9.80 Å². The van der Waals surface area contributed by atoms with E-state index < -0.39 is 71.9 Å². The average Bonchev–Trinajstić information content (AvgIpc) is 2.82. The van der Waals surface area contributed by atoms with Crippen LogP contribution in [0.15, 0.2) is 0 Å². The predicted molar refractivity (Wildman–Crippen MR) is 137 cm³/mol. The number of nitrogens with zero attached hydrogens (tertiary/aromatic N) is 2. The molecule has 0 spiro atoms. The zero-order valence-electron chi connectivity index (χ0n) is 25.8. The molecular weight excluding hydrogens is 680 g/mol. The van der Waals surface area contributed by atoms with Crippen molar-refractivity contribution in [3.63, 3.8) is 0 Å². The Labute approximate surface area is 261 Å². The van der Waals surface area contributed by atoms with Crippen LogP contribution in [-0.4, -0.2) is 108 Å². The Hall–Kier alpha value is -3.07. The van der Waals surface area contributed by atoms with E-state index in [0.29, 0.717) is 0 Å². The third-order valence-electron chi connectivity index (χ3n) is 6.72. The fourth-order valence-corrected chi connectivity index (χ4v) is 4.05. The smallest absolute Gasteiger partial charge is 0.434 e. The Morgan fingerprint density at radius 2 is 0.936 bits per heavy atom. The fraction of sp³-hybridized carbons (Fsp3) is 0.880. The lowest BCUT2D eigenvalue weighted by atomic mass is 9.90. The number of alkyl carbamates (subject to hydrolysis) is 1. The minimum atomic E-state index is -5.77. The maximum atomic E-state index is 12.5. The number of piperidine rings is 2. The van der Waals surface area contributed by atoms with Gasteiger partial charge in [0.1, 0.15) is 5.60 Å². The number of hydrogen-bond acceptors (Lipinski definition) is 7. The average molecular weight is 717 g/mol. The van der Waals surface area contributed by atoms with E-state index in [2.05, 4.69) is 14.8 Å². The second-order valence-corrected chi connectivity index (χ2v) is 12.5. The molecule has 0 aromatic rings. The quantitative estimate of drug-likeness (QED) is 0.255. The van der Waals surface area contributed by atoms with Crippen molar-refractivity contribution >= 4 is 18.3 Å². The van der Waals surface area contributed by atoms with Crippen molar-refractivity contribution in [3.05, 3.63) is 0 Å². The van der Waals surface area contributed by atoms with Gasteiger partial charge in [-0.25, -0.2) is 14.4 Å². The van der Waals surface area contributed by atoms with Gasteiger partial charge < -0.3 is 35.1 Å². The third kappa shape index (κ3) is 14.3. The van der Waals surface area contributed by atoms with Gasteiger partial charge in [0.15, 0.2) is 0 Å². The summed E-state index contributed by atoms with van der Waals surface area (Å²) in [6, 6.07) is 0. The minimum absolute atomic E-state index is 0.0474. The molecule has 2 fully saturated rings. The molecule has 2 saturated heterocycles. The number of nitrogens with one attached hydrogen (secondary N) is 1. The standard InChI is InChI=1S/C15H22F6N2O4.C10H14F6N2O2/c1-12(2,3)27-10(24)22-13(4)5-7-23(8-6-13)11(25)26-9(14(16,17)18)15(19,20)21;1-8(17)2-4-18(5-3-8)7(19)20-6(9(11,12)13)10(14,15)16/h9H,5-8H2,1-4H3,(H,22,24);6H,2-5,17H2,1H3. The number of rotatable bonds is 3. The maximum Gasteiger partial charge on any atom is 0.434 e. The Morgan fingerprint density at radius 1 is 0.638 bits per heavy atom. The van der Waals surface area contributed by atoms with Crippen LogP contribution in [0.2, 0.25) is 0 Å². The Kier molecular flexibility index (Phi) is 13.0. The second kappa shape index (κ2) is 14.6. The van der Waals surface area contributed by atoms with Crippen LogP contribution in [0.1, 0.15) is 60.3 Å². The third-order valence-corrected chi connectivity index (χ3v) is 6.72. The number of hydrogen-bond donors (Lipinski definition) is 2. The number of halogens is 12. The topological polar surface area (TPSA) is 123 Å². The van der Waals surface area contributed by atoms with E-state index in [4.69, 9.17) is 10.5 Å². The summed E-state index contributed by atoms with van der Waals surface area (Å²) < 4.78 is 161. The van der Waals surface area contributed by atoms with Gasteiger partial charge in [-0.2, -0.15) is 52.7 Å². The Morgan fingerprint density at radius 3 is 1.21 bits per heavy atom. The van der Waals surface area contributed by atoms with Crippen LogP contribution in [0.4, 0.5) is 67.1 Å². The molecule has 22 heteroatoms. The van der Waals surface area contributed by atoms with Crippen molar-refractivity contribution in [2.24, 2.45) is 5.73 Å². The zero-order chi connectivity index (χ0) is 37.0. The van der Waals surface area contributed by atoms with E-state index in [1.807, 2.05) is 0 Å². The lowest BCUT2D eigenvalue weighted by Crippen LogP contribution is -2.56. The van der Waals surface area contributed by atoms with E-state index in [-0.39, 0.29) is 51.9 Å². The molecule has 0 saturated carbocycles. The van der Waals surface area contributed by atoms with Gasteiger partial charge in [0.25, 0.3) is 12.2 Å². The van der Waals surface area contributed by atoms with Gasteiger partial charge in [-0.05, 0) is 60.3 Å². The molecule has 0 unspecified atom stereocenters. The summed E-state index contributed by atoms with van der Waals surface area (Å²) in [6.45, 7) is 7.82. The van der Waals surface area contributed by atoms with Crippen LogP contribution in [0, 0.1) is 0 Å². The molecule has 0 aromatic heterocycles. The SMILES string of the molecule is CC1(N)CCN(C(=O)OC(C(F)(F)F)C(F)(F)F)CC1.CC1(NC(=O)OC(C)(C)C)CCN(C(=O)OC(C(F)(F)F)C(F)(F)F)CC1. The van der Waals surface area contributed by atoms with E-state index >= 15 is 0 Å². The molecule has 0 atom stereocenters. The van der Waals surface area contributed by atoms with Crippen molar-refractivity contribution in [2.45, 2.75) is 114 Å². The van der Waals surface area contributed by atoms with Crippen LogP contribution < -0.4 is 11.1 Å². The van der Waals surface area contributed by atoms with Crippen molar-refractivity contribution in [2.75, 3.05) is 26.2 Å². The maximum absolute atomic E-state index is 12.5. The summed E-state index contributed by atoms with van der Waals surface area (Å²) in [7, 11) is 0. The summed E-state index contributed by atoms with van der Waals surface area (Å²) in [4.78, 5) is 36.4. The molecule has 2 heterocycles. The van der Waals surface area contributed by atoms with E-state index in [1.165, 1.54) is 0 Å². The van der Waals surface area contributed by atoms with Gasteiger partial charge >= 0.3 is 43.0 Å². The molecule has 2 rings (SSSR count). The number of alkyl halides is 12. The molecule has 276 valence electrons. The highest BCUT2D eigenvalue weighted by Gasteiger charge is 2.61. The van der Waals surface area contributed by atoms with Crippen molar-refractivity contribution < 1.29 is 81.3 Å².